The molecule has 1 aliphatic heterocycles. The second kappa shape index (κ2) is 6.82. The van der Waals surface area contributed by atoms with E-state index in [-0.39, 0.29) is 11.7 Å². The molecule has 7 heteroatoms. The van der Waals surface area contributed by atoms with Gasteiger partial charge in [-0.15, -0.1) is 0 Å². The first-order valence-electron chi connectivity index (χ1n) is 6.63. The molecule has 0 spiro atoms. The summed E-state index contributed by atoms with van der Waals surface area (Å²) >= 11 is 1.53. The maximum absolute atomic E-state index is 12.4. The molecule has 2 unspecified atom stereocenters. The van der Waals surface area contributed by atoms with Crippen molar-refractivity contribution in [2.45, 2.75) is 18.5 Å². The Morgan fingerprint density at radius 1 is 1.38 bits per heavy atom. The quantitative estimate of drug-likeness (QED) is 0.738. The number of nitrogens with zero attached hydrogens (tertiary/aromatic N) is 1. The van der Waals surface area contributed by atoms with E-state index < -0.39 is 18.1 Å². The fourth-order valence-corrected chi connectivity index (χ4v) is 3.30. The van der Waals surface area contributed by atoms with Crippen LogP contribution in [0.25, 0.3) is 0 Å². The molecule has 2 atom stereocenters. The highest BCUT2D eigenvalue weighted by Crippen LogP contribution is 2.18. The minimum Gasteiger partial charge on any atom is -0.508 e. The van der Waals surface area contributed by atoms with Crippen molar-refractivity contribution in [3.05, 3.63) is 29.8 Å². The summed E-state index contributed by atoms with van der Waals surface area (Å²) in [5.74, 6) is -0.0603. The molecule has 1 saturated heterocycles. The van der Waals surface area contributed by atoms with Crippen LogP contribution in [0, 0.1) is 0 Å². The van der Waals surface area contributed by atoms with Crippen LogP contribution in [-0.2, 0) is 16.0 Å². The molecule has 4 N–H and O–H groups in total. The molecular formula is C14H18N2O4S. The van der Waals surface area contributed by atoms with Gasteiger partial charge in [0.1, 0.15) is 11.8 Å². The monoisotopic (exact) mass is 310 g/mol. The van der Waals surface area contributed by atoms with Crippen molar-refractivity contribution in [2.24, 2.45) is 5.73 Å². The van der Waals surface area contributed by atoms with Crippen LogP contribution in [0.3, 0.4) is 0 Å². The lowest BCUT2D eigenvalue weighted by Gasteiger charge is -2.34. The van der Waals surface area contributed by atoms with Crippen LogP contribution in [0.4, 0.5) is 0 Å². The third-order valence-electron chi connectivity index (χ3n) is 3.41. The van der Waals surface area contributed by atoms with Gasteiger partial charge < -0.3 is 20.8 Å². The number of aliphatic carboxylic acids is 1. The molecule has 1 fully saturated rings. The van der Waals surface area contributed by atoms with Crippen LogP contribution in [-0.4, -0.2) is 57.1 Å². The Kier molecular flexibility index (Phi) is 5.08. The Balaban J connectivity index is 2.03. The summed E-state index contributed by atoms with van der Waals surface area (Å²) in [5.41, 5.74) is 6.75. The molecule has 114 valence electrons. The molecule has 1 aromatic rings. The molecule has 1 aromatic carbocycles. The Morgan fingerprint density at radius 2 is 2.05 bits per heavy atom. The highest BCUT2D eigenvalue weighted by Gasteiger charge is 2.34. The summed E-state index contributed by atoms with van der Waals surface area (Å²) in [6, 6.07) is 4.88. The Bertz CT molecular complexity index is 520. The molecule has 1 aliphatic rings. The zero-order valence-electron chi connectivity index (χ0n) is 11.4. The van der Waals surface area contributed by atoms with Gasteiger partial charge in [-0.2, -0.15) is 11.8 Å². The molecule has 21 heavy (non-hydrogen) atoms. The van der Waals surface area contributed by atoms with Gasteiger partial charge in [-0.3, -0.25) is 4.79 Å². The van der Waals surface area contributed by atoms with Crippen LogP contribution in [0.15, 0.2) is 24.3 Å². The molecule has 0 radical (unpaired) electrons. The number of carbonyl (C=O) groups is 2. The van der Waals surface area contributed by atoms with Crippen molar-refractivity contribution in [1.29, 1.82) is 0 Å². The average Bonchev–Trinajstić information content (AvgIpc) is 2.48. The van der Waals surface area contributed by atoms with E-state index in [1.54, 1.807) is 12.1 Å². The van der Waals surface area contributed by atoms with Gasteiger partial charge in [0, 0.05) is 18.1 Å². The fourth-order valence-electron chi connectivity index (χ4n) is 2.26. The van der Waals surface area contributed by atoms with E-state index in [1.165, 1.54) is 28.8 Å². The lowest BCUT2D eigenvalue weighted by molar-refractivity contribution is -0.149. The van der Waals surface area contributed by atoms with Gasteiger partial charge in [0.2, 0.25) is 5.91 Å². The van der Waals surface area contributed by atoms with Crippen LogP contribution < -0.4 is 5.73 Å². The lowest BCUT2D eigenvalue weighted by atomic mass is 10.0. The summed E-state index contributed by atoms with van der Waals surface area (Å²) in [6.07, 6.45) is 0.315. The molecule has 1 heterocycles. The van der Waals surface area contributed by atoms with Crippen LogP contribution in [0.1, 0.15) is 5.56 Å². The van der Waals surface area contributed by atoms with Crippen molar-refractivity contribution >= 4 is 23.6 Å². The van der Waals surface area contributed by atoms with E-state index in [9.17, 15) is 19.8 Å². The number of thioether (sulfide) groups is 1. The number of aromatic hydroxyl groups is 1. The Labute approximate surface area is 126 Å². The number of phenols is 1. The van der Waals surface area contributed by atoms with Gasteiger partial charge in [-0.05, 0) is 24.1 Å². The number of carboxylic acid groups (broad SMARTS) is 1. The second-order valence-corrected chi connectivity index (χ2v) is 6.09. The van der Waals surface area contributed by atoms with Gasteiger partial charge in [0.15, 0.2) is 0 Å². The molecule has 6 nitrogen and oxygen atoms in total. The summed E-state index contributed by atoms with van der Waals surface area (Å²) in [6.45, 7) is 0.406. The average molecular weight is 310 g/mol. The van der Waals surface area contributed by atoms with E-state index in [4.69, 9.17) is 5.73 Å². The number of carboxylic acids is 1. The van der Waals surface area contributed by atoms with Crippen molar-refractivity contribution in [2.75, 3.05) is 18.1 Å². The minimum absolute atomic E-state index is 0.151. The number of nitrogens with two attached hydrogens (primary N) is 1. The predicted molar refractivity (Wildman–Crippen MR) is 80.2 cm³/mol. The van der Waals surface area contributed by atoms with E-state index in [1.807, 2.05) is 0 Å². The van der Waals surface area contributed by atoms with E-state index in [2.05, 4.69) is 0 Å². The number of amides is 1. The summed E-state index contributed by atoms with van der Waals surface area (Å²) in [5, 5.41) is 18.4. The van der Waals surface area contributed by atoms with Gasteiger partial charge in [-0.1, -0.05) is 12.1 Å². The highest BCUT2D eigenvalue weighted by atomic mass is 32.2. The van der Waals surface area contributed by atoms with Crippen molar-refractivity contribution in [3.8, 4) is 5.75 Å². The maximum atomic E-state index is 12.4. The predicted octanol–water partition coefficient (Wildman–Crippen LogP) is 0.291. The third-order valence-corrected chi connectivity index (χ3v) is 4.43. The number of rotatable bonds is 4. The topological polar surface area (TPSA) is 104 Å². The number of benzene rings is 1. The molecule has 0 bridgehead atoms. The molecule has 0 aromatic heterocycles. The first-order valence-corrected chi connectivity index (χ1v) is 7.79. The van der Waals surface area contributed by atoms with Crippen LogP contribution in [0.2, 0.25) is 0 Å². The Morgan fingerprint density at radius 3 is 2.67 bits per heavy atom. The van der Waals surface area contributed by atoms with Crippen LogP contribution in [0.5, 0.6) is 5.75 Å². The molecule has 0 aliphatic carbocycles. The second-order valence-electron chi connectivity index (χ2n) is 4.94. The smallest absolute Gasteiger partial charge is 0.327 e. The Hall–Kier alpha value is -1.73. The number of hydrogen-bond donors (Lipinski definition) is 3. The standard InChI is InChI=1S/C14H18N2O4S/c15-11(7-9-1-3-10(17)4-2-9)13(18)16-5-6-21-8-12(16)14(19)20/h1-4,11-12,17H,5-8,15H2,(H,19,20). The maximum Gasteiger partial charge on any atom is 0.327 e. The summed E-state index contributed by atoms with van der Waals surface area (Å²) < 4.78 is 0. The highest BCUT2D eigenvalue weighted by molar-refractivity contribution is 7.99. The summed E-state index contributed by atoms with van der Waals surface area (Å²) in [7, 11) is 0. The molecule has 1 amide bonds. The van der Waals surface area contributed by atoms with Crippen molar-refractivity contribution in [1.82, 2.24) is 4.90 Å². The molecule has 0 saturated carbocycles. The fraction of sp³-hybridized carbons (Fsp3) is 0.429. The first-order chi connectivity index (χ1) is 9.99. The SMILES string of the molecule is NC(Cc1ccc(O)cc1)C(=O)N1CCSCC1C(=O)O. The number of phenolic OH excluding ortho intramolecular Hbond substituents is 1. The van der Waals surface area contributed by atoms with Crippen molar-refractivity contribution in [3.63, 3.8) is 0 Å². The normalized spacial score (nSPS) is 20.0. The molecule has 2 rings (SSSR count). The number of hydrogen-bond acceptors (Lipinski definition) is 5. The zero-order chi connectivity index (χ0) is 15.4. The minimum atomic E-state index is -0.993. The largest absolute Gasteiger partial charge is 0.508 e. The van der Waals surface area contributed by atoms with Gasteiger partial charge in [-0.25, -0.2) is 4.79 Å². The lowest BCUT2D eigenvalue weighted by Crippen LogP contribution is -2.55. The van der Waals surface area contributed by atoms with E-state index in [0.29, 0.717) is 18.7 Å². The number of carbonyl (C=O) groups excluding carboxylic acids is 1. The van der Waals surface area contributed by atoms with E-state index in [0.717, 1.165) is 11.3 Å². The van der Waals surface area contributed by atoms with Gasteiger partial charge in [0.25, 0.3) is 0 Å². The van der Waals surface area contributed by atoms with Crippen LogP contribution >= 0.6 is 11.8 Å². The third kappa shape index (κ3) is 3.89. The zero-order valence-corrected chi connectivity index (χ0v) is 12.3. The molecular weight excluding hydrogens is 292 g/mol. The van der Waals surface area contributed by atoms with Gasteiger partial charge >= 0.3 is 5.97 Å². The van der Waals surface area contributed by atoms with Gasteiger partial charge in [0.05, 0.1) is 6.04 Å². The van der Waals surface area contributed by atoms with E-state index >= 15 is 0 Å². The summed E-state index contributed by atoms with van der Waals surface area (Å²) in [4.78, 5) is 24.9. The van der Waals surface area contributed by atoms with Crippen molar-refractivity contribution < 1.29 is 19.8 Å². The first kappa shape index (κ1) is 15.7.